The van der Waals surface area contributed by atoms with Crippen LogP contribution in [0.25, 0.3) is 0 Å². The first-order valence-corrected chi connectivity index (χ1v) is 11.0. The maximum absolute atomic E-state index is 12.6. The van der Waals surface area contributed by atoms with E-state index in [0.717, 1.165) is 18.4 Å². The third-order valence-electron chi connectivity index (χ3n) is 4.91. The van der Waals surface area contributed by atoms with Gasteiger partial charge in [0.25, 0.3) is 5.91 Å². The van der Waals surface area contributed by atoms with E-state index in [1.54, 1.807) is 54.6 Å². The van der Waals surface area contributed by atoms with E-state index < -0.39 is 5.97 Å². The Bertz CT molecular complexity index is 1160. The number of hydrogen-bond acceptors (Lipinski definition) is 6. The monoisotopic (exact) mass is 460 g/mol. The molecular weight excluding hydrogens is 432 g/mol. The summed E-state index contributed by atoms with van der Waals surface area (Å²) in [6.07, 6.45) is 3.52. The molecule has 0 aliphatic rings. The van der Waals surface area contributed by atoms with Gasteiger partial charge in [-0.3, -0.25) is 4.79 Å². The van der Waals surface area contributed by atoms with Crippen molar-refractivity contribution in [3.05, 3.63) is 89.0 Å². The lowest BCUT2D eigenvalue weighted by Crippen LogP contribution is -2.17. The van der Waals surface area contributed by atoms with Gasteiger partial charge in [-0.2, -0.15) is 5.10 Å². The molecule has 3 aromatic rings. The summed E-state index contributed by atoms with van der Waals surface area (Å²) in [7, 11) is 1.48. The summed E-state index contributed by atoms with van der Waals surface area (Å²) in [5, 5.41) is 4.00. The smallest absolute Gasteiger partial charge is 0.343 e. The van der Waals surface area contributed by atoms with Gasteiger partial charge in [0.2, 0.25) is 0 Å². The first-order valence-electron chi connectivity index (χ1n) is 11.0. The highest BCUT2D eigenvalue weighted by Crippen LogP contribution is 2.28. The van der Waals surface area contributed by atoms with Gasteiger partial charge < -0.3 is 14.2 Å². The topological polar surface area (TPSA) is 86.2 Å². The third-order valence-corrected chi connectivity index (χ3v) is 4.91. The lowest BCUT2D eigenvalue weighted by atomic mass is 10.1. The zero-order valence-electron chi connectivity index (χ0n) is 19.5. The highest BCUT2D eigenvalue weighted by molar-refractivity contribution is 5.95. The number of benzene rings is 3. The van der Waals surface area contributed by atoms with Crippen LogP contribution in [0.2, 0.25) is 0 Å². The number of unbranched alkanes of at least 4 members (excludes halogenated alkanes) is 1. The van der Waals surface area contributed by atoms with E-state index in [1.165, 1.54) is 13.3 Å². The van der Waals surface area contributed by atoms with E-state index in [0.29, 0.717) is 34.8 Å². The van der Waals surface area contributed by atoms with E-state index in [4.69, 9.17) is 14.2 Å². The fraction of sp³-hybridized carbons (Fsp3) is 0.222. The summed E-state index contributed by atoms with van der Waals surface area (Å²) in [6, 6.07) is 19.0. The second-order valence-corrected chi connectivity index (χ2v) is 7.59. The largest absolute Gasteiger partial charge is 0.494 e. The van der Waals surface area contributed by atoms with Crippen LogP contribution in [0.4, 0.5) is 0 Å². The fourth-order valence-corrected chi connectivity index (χ4v) is 3.05. The molecule has 1 amide bonds. The van der Waals surface area contributed by atoms with Gasteiger partial charge >= 0.3 is 5.97 Å². The van der Waals surface area contributed by atoms with Gasteiger partial charge in [-0.25, -0.2) is 10.2 Å². The van der Waals surface area contributed by atoms with Crippen LogP contribution < -0.4 is 19.6 Å². The number of hydrogen-bond donors (Lipinski definition) is 1. The molecule has 34 heavy (non-hydrogen) atoms. The maximum atomic E-state index is 12.6. The van der Waals surface area contributed by atoms with E-state index in [2.05, 4.69) is 17.5 Å². The SMILES string of the molecule is CCCCOc1ccc(C(=O)Oc2ccc(/C=N\NC(=O)c3cccc(C)c3)cc2OC)cc1. The Hall–Kier alpha value is -4.13. The van der Waals surface area contributed by atoms with Crippen LogP contribution in [-0.2, 0) is 0 Å². The summed E-state index contributed by atoms with van der Waals surface area (Å²) < 4.78 is 16.5. The van der Waals surface area contributed by atoms with Crippen molar-refractivity contribution in [1.82, 2.24) is 5.43 Å². The van der Waals surface area contributed by atoms with Crippen LogP contribution in [-0.4, -0.2) is 31.8 Å². The van der Waals surface area contributed by atoms with E-state index in [1.807, 2.05) is 19.1 Å². The van der Waals surface area contributed by atoms with Crippen molar-refractivity contribution in [2.45, 2.75) is 26.7 Å². The Morgan fingerprint density at radius 2 is 1.76 bits per heavy atom. The molecule has 7 nitrogen and oxygen atoms in total. The minimum Gasteiger partial charge on any atom is -0.494 e. The van der Waals surface area contributed by atoms with Crippen LogP contribution in [0, 0.1) is 6.92 Å². The lowest BCUT2D eigenvalue weighted by Gasteiger charge is -2.10. The number of methoxy groups -OCH3 is 1. The molecule has 3 aromatic carbocycles. The Kier molecular flexibility index (Phi) is 8.80. The number of amides is 1. The summed E-state index contributed by atoms with van der Waals surface area (Å²) >= 11 is 0. The van der Waals surface area contributed by atoms with Crippen LogP contribution in [0.3, 0.4) is 0 Å². The van der Waals surface area contributed by atoms with Crippen LogP contribution in [0.15, 0.2) is 71.8 Å². The molecule has 0 heterocycles. The molecule has 0 atom stereocenters. The molecule has 0 aliphatic carbocycles. The Morgan fingerprint density at radius 1 is 0.971 bits per heavy atom. The second kappa shape index (κ2) is 12.2. The number of ether oxygens (including phenoxy) is 3. The molecule has 0 saturated carbocycles. The average molecular weight is 461 g/mol. The van der Waals surface area contributed by atoms with Crippen molar-refractivity contribution in [2.24, 2.45) is 5.10 Å². The number of carbonyl (C=O) groups excluding carboxylic acids is 2. The summed E-state index contributed by atoms with van der Waals surface area (Å²) in [6.45, 7) is 4.65. The Labute approximate surface area is 199 Å². The van der Waals surface area contributed by atoms with Crippen molar-refractivity contribution in [1.29, 1.82) is 0 Å². The maximum Gasteiger partial charge on any atom is 0.343 e. The number of carbonyl (C=O) groups is 2. The Balaban J connectivity index is 1.61. The highest BCUT2D eigenvalue weighted by atomic mass is 16.6. The van der Waals surface area contributed by atoms with Crippen LogP contribution in [0.1, 0.15) is 51.6 Å². The highest BCUT2D eigenvalue weighted by Gasteiger charge is 2.13. The number of esters is 1. The molecule has 0 radical (unpaired) electrons. The molecule has 0 unspecified atom stereocenters. The van der Waals surface area contributed by atoms with E-state index in [-0.39, 0.29) is 11.7 Å². The van der Waals surface area contributed by atoms with E-state index >= 15 is 0 Å². The number of nitrogens with one attached hydrogen (secondary N) is 1. The van der Waals surface area contributed by atoms with Crippen LogP contribution >= 0.6 is 0 Å². The van der Waals surface area contributed by atoms with Gasteiger partial charge in [0.15, 0.2) is 11.5 Å². The van der Waals surface area contributed by atoms with Gasteiger partial charge in [0.05, 0.1) is 25.5 Å². The van der Waals surface area contributed by atoms with Crippen molar-refractivity contribution < 1.29 is 23.8 Å². The first-order chi connectivity index (χ1) is 16.5. The standard InChI is InChI=1S/C27H28N2O5/c1-4-5-15-33-23-12-10-21(11-13-23)27(31)34-24-14-9-20(17-25(24)32-3)18-28-29-26(30)22-8-6-7-19(2)16-22/h6-14,16-18H,4-5,15H2,1-3H3,(H,29,30)/b28-18-. The normalized spacial score (nSPS) is 10.7. The van der Waals surface area contributed by atoms with E-state index in [9.17, 15) is 9.59 Å². The lowest BCUT2D eigenvalue weighted by molar-refractivity contribution is 0.0729. The van der Waals surface area contributed by atoms with Crippen molar-refractivity contribution in [3.8, 4) is 17.2 Å². The molecule has 176 valence electrons. The van der Waals surface area contributed by atoms with Gasteiger partial charge in [-0.05, 0) is 73.5 Å². The Morgan fingerprint density at radius 3 is 2.47 bits per heavy atom. The summed E-state index contributed by atoms with van der Waals surface area (Å²) in [5.74, 6) is 0.531. The minimum absolute atomic E-state index is 0.275. The molecule has 0 spiro atoms. The van der Waals surface area contributed by atoms with Gasteiger partial charge in [0.1, 0.15) is 5.75 Å². The van der Waals surface area contributed by atoms with Gasteiger partial charge in [-0.15, -0.1) is 0 Å². The zero-order valence-corrected chi connectivity index (χ0v) is 19.5. The third kappa shape index (κ3) is 6.93. The number of rotatable bonds is 10. The number of aryl methyl sites for hydroxylation is 1. The quantitative estimate of drug-likeness (QED) is 0.148. The first kappa shape index (κ1) is 24.5. The predicted octanol–water partition coefficient (Wildman–Crippen LogP) is 5.17. The fourth-order valence-electron chi connectivity index (χ4n) is 3.05. The van der Waals surface area contributed by atoms with Crippen molar-refractivity contribution in [3.63, 3.8) is 0 Å². The second-order valence-electron chi connectivity index (χ2n) is 7.59. The molecule has 0 saturated heterocycles. The predicted molar refractivity (Wildman–Crippen MR) is 131 cm³/mol. The van der Waals surface area contributed by atoms with Crippen molar-refractivity contribution >= 4 is 18.1 Å². The molecule has 1 N–H and O–H groups in total. The summed E-state index contributed by atoms with van der Waals surface area (Å²) in [5.41, 5.74) is 5.07. The van der Waals surface area contributed by atoms with Gasteiger partial charge in [-0.1, -0.05) is 31.0 Å². The summed E-state index contributed by atoms with van der Waals surface area (Å²) in [4.78, 5) is 24.7. The van der Waals surface area contributed by atoms with Crippen LogP contribution in [0.5, 0.6) is 17.2 Å². The van der Waals surface area contributed by atoms with Crippen molar-refractivity contribution in [2.75, 3.05) is 13.7 Å². The molecule has 0 aliphatic heterocycles. The molecule has 0 bridgehead atoms. The molecule has 0 aromatic heterocycles. The number of nitrogens with zero attached hydrogens (tertiary/aromatic N) is 1. The molecule has 3 rings (SSSR count). The van der Waals surface area contributed by atoms with Gasteiger partial charge in [0, 0.05) is 5.56 Å². The average Bonchev–Trinajstić information content (AvgIpc) is 2.85. The molecular formula is C27H28N2O5. The number of hydrazone groups is 1. The molecule has 7 heteroatoms. The zero-order chi connectivity index (χ0) is 24.3. The molecule has 0 fully saturated rings. The minimum atomic E-state index is -0.509.